The fourth-order valence-corrected chi connectivity index (χ4v) is 2.06. The van der Waals surface area contributed by atoms with Crippen LogP contribution in [-0.2, 0) is 19.1 Å². The van der Waals surface area contributed by atoms with Crippen molar-refractivity contribution < 1.29 is 19.1 Å². The van der Waals surface area contributed by atoms with Gasteiger partial charge in [-0.15, -0.1) is 0 Å². The molecule has 0 saturated heterocycles. The van der Waals surface area contributed by atoms with E-state index in [0.717, 1.165) is 12.8 Å². The Morgan fingerprint density at radius 1 is 1.38 bits per heavy atom. The van der Waals surface area contributed by atoms with Crippen molar-refractivity contribution >= 4 is 17.5 Å². The SMILES string of the molecule is CCOC(=O)CC(=O)C[C@@H]1CC[C@H](C)C1=O. The van der Waals surface area contributed by atoms with Crippen LogP contribution in [0, 0.1) is 11.8 Å². The Bertz CT molecular complexity index is 295. The smallest absolute Gasteiger partial charge is 0.313 e. The summed E-state index contributed by atoms with van der Waals surface area (Å²) in [6, 6.07) is 0. The standard InChI is InChI=1S/C12H18O4/c1-3-16-11(14)7-10(13)6-9-5-4-8(2)12(9)15/h8-9H,3-7H2,1-2H3/t8-,9-/m0/s1. The lowest BCUT2D eigenvalue weighted by molar-refractivity contribution is -0.146. The number of hydrogen-bond donors (Lipinski definition) is 0. The van der Waals surface area contributed by atoms with E-state index in [4.69, 9.17) is 0 Å². The molecule has 0 heterocycles. The van der Waals surface area contributed by atoms with Gasteiger partial charge in [-0.1, -0.05) is 6.92 Å². The number of rotatable bonds is 5. The molecule has 0 aliphatic heterocycles. The van der Waals surface area contributed by atoms with Crippen LogP contribution in [-0.4, -0.2) is 24.1 Å². The van der Waals surface area contributed by atoms with Crippen LogP contribution in [0.3, 0.4) is 0 Å². The summed E-state index contributed by atoms with van der Waals surface area (Å²) >= 11 is 0. The van der Waals surface area contributed by atoms with E-state index >= 15 is 0 Å². The summed E-state index contributed by atoms with van der Waals surface area (Å²) in [6.07, 6.45) is 1.62. The van der Waals surface area contributed by atoms with E-state index < -0.39 is 5.97 Å². The van der Waals surface area contributed by atoms with Gasteiger partial charge in [-0.3, -0.25) is 14.4 Å². The number of ether oxygens (including phenoxy) is 1. The van der Waals surface area contributed by atoms with Gasteiger partial charge >= 0.3 is 5.97 Å². The Hall–Kier alpha value is -1.19. The van der Waals surface area contributed by atoms with Gasteiger partial charge in [0.15, 0.2) is 0 Å². The molecule has 16 heavy (non-hydrogen) atoms. The van der Waals surface area contributed by atoms with Gasteiger partial charge < -0.3 is 4.74 Å². The highest BCUT2D eigenvalue weighted by atomic mass is 16.5. The molecule has 1 aliphatic rings. The maximum Gasteiger partial charge on any atom is 0.313 e. The van der Waals surface area contributed by atoms with Gasteiger partial charge in [0, 0.05) is 18.3 Å². The molecule has 0 spiro atoms. The lowest BCUT2D eigenvalue weighted by atomic mass is 9.97. The minimum Gasteiger partial charge on any atom is -0.466 e. The molecule has 1 rings (SSSR count). The van der Waals surface area contributed by atoms with Crippen molar-refractivity contribution in [3.8, 4) is 0 Å². The monoisotopic (exact) mass is 226 g/mol. The molecule has 1 aliphatic carbocycles. The molecule has 4 nitrogen and oxygen atoms in total. The molecule has 4 heteroatoms. The lowest BCUT2D eigenvalue weighted by Gasteiger charge is -2.07. The zero-order valence-corrected chi connectivity index (χ0v) is 9.82. The highest BCUT2D eigenvalue weighted by Gasteiger charge is 2.32. The van der Waals surface area contributed by atoms with Gasteiger partial charge in [0.2, 0.25) is 0 Å². The Kier molecular flexibility index (Phi) is 4.65. The van der Waals surface area contributed by atoms with Crippen molar-refractivity contribution in [1.82, 2.24) is 0 Å². The van der Waals surface area contributed by atoms with Crippen molar-refractivity contribution in [2.75, 3.05) is 6.61 Å². The van der Waals surface area contributed by atoms with E-state index in [1.165, 1.54) is 0 Å². The van der Waals surface area contributed by atoms with Crippen LogP contribution in [0.25, 0.3) is 0 Å². The van der Waals surface area contributed by atoms with Crippen LogP contribution >= 0.6 is 0 Å². The van der Waals surface area contributed by atoms with Crippen molar-refractivity contribution in [3.05, 3.63) is 0 Å². The first-order chi connectivity index (χ1) is 7.54. The number of esters is 1. The summed E-state index contributed by atoms with van der Waals surface area (Å²) in [7, 11) is 0. The van der Waals surface area contributed by atoms with E-state index in [2.05, 4.69) is 4.74 Å². The zero-order chi connectivity index (χ0) is 12.1. The number of carbonyl (C=O) groups is 3. The molecule has 0 aromatic rings. The number of ketones is 2. The average molecular weight is 226 g/mol. The summed E-state index contributed by atoms with van der Waals surface area (Å²) < 4.78 is 4.68. The maximum absolute atomic E-state index is 11.6. The zero-order valence-electron chi connectivity index (χ0n) is 9.82. The molecule has 1 saturated carbocycles. The quantitative estimate of drug-likeness (QED) is 0.526. The predicted molar refractivity (Wildman–Crippen MR) is 57.8 cm³/mol. The highest BCUT2D eigenvalue weighted by molar-refractivity contribution is 5.98. The molecule has 0 radical (unpaired) electrons. The van der Waals surface area contributed by atoms with E-state index in [9.17, 15) is 14.4 Å². The summed E-state index contributed by atoms with van der Waals surface area (Å²) in [6.45, 7) is 3.87. The third kappa shape index (κ3) is 3.43. The third-order valence-corrected chi connectivity index (χ3v) is 2.96. The molecule has 1 fully saturated rings. The Morgan fingerprint density at radius 3 is 2.56 bits per heavy atom. The molecule has 90 valence electrons. The summed E-state index contributed by atoms with van der Waals surface area (Å²) in [5.41, 5.74) is 0. The van der Waals surface area contributed by atoms with Crippen LogP contribution in [0.2, 0.25) is 0 Å². The van der Waals surface area contributed by atoms with E-state index in [0.29, 0.717) is 0 Å². The average Bonchev–Trinajstić information content (AvgIpc) is 2.50. The molecule has 0 bridgehead atoms. The number of Topliss-reactive ketones (excluding diaryl/α,β-unsaturated/α-hetero) is 2. The van der Waals surface area contributed by atoms with Gasteiger partial charge in [-0.05, 0) is 19.8 Å². The van der Waals surface area contributed by atoms with E-state index in [1.54, 1.807) is 6.92 Å². The maximum atomic E-state index is 11.6. The molecule has 0 aromatic carbocycles. The van der Waals surface area contributed by atoms with Gasteiger partial charge in [0.25, 0.3) is 0 Å². The van der Waals surface area contributed by atoms with Crippen LogP contribution in [0.4, 0.5) is 0 Å². The largest absolute Gasteiger partial charge is 0.466 e. The Balaban J connectivity index is 2.35. The van der Waals surface area contributed by atoms with Crippen molar-refractivity contribution in [2.24, 2.45) is 11.8 Å². The van der Waals surface area contributed by atoms with E-state index in [-0.39, 0.29) is 42.9 Å². The highest BCUT2D eigenvalue weighted by Crippen LogP contribution is 2.29. The first-order valence-electron chi connectivity index (χ1n) is 5.75. The first kappa shape index (κ1) is 12.9. The normalized spacial score (nSPS) is 24.5. The lowest BCUT2D eigenvalue weighted by Crippen LogP contribution is -2.18. The van der Waals surface area contributed by atoms with Crippen LogP contribution in [0.15, 0.2) is 0 Å². The van der Waals surface area contributed by atoms with Crippen molar-refractivity contribution in [1.29, 1.82) is 0 Å². The fourth-order valence-electron chi connectivity index (χ4n) is 2.06. The summed E-state index contributed by atoms with van der Waals surface area (Å²) in [4.78, 5) is 34.1. The number of hydrogen-bond acceptors (Lipinski definition) is 4. The summed E-state index contributed by atoms with van der Waals surface area (Å²) in [5.74, 6) is -0.619. The second-order valence-corrected chi connectivity index (χ2v) is 4.30. The Labute approximate surface area is 95.3 Å². The van der Waals surface area contributed by atoms with Gasteiger partial charge in [0.05, 0.1) is 6.61 Å². The topological polar surface area (TPSA) is 60.4 Å². The molecule has 0 amide bonds. The van der Waals surface area contributed by atoms with Crippen LogP contribution in [0.5, 0.6) is 0 Å². The second kappa shape index (κ2) is 5.77. The fraction of sp³-hybridized carbons (Fsp3) is 0.750. The van der Waals surface area contributed by atoms with E-state index in [1.807, 2.05) is 6.92 Å². The van der Waals surface area contributed by atoms with Gasteiger partial charge in [0.1, 0.15) is 18.0 Å². The molecule has 0 N–H and O–H groups in total. The second-order valence-electron chi connectivity index (χ2n) is 4.30. The minimum atomic E-state index is -0.494. The number of carbonyl (C=O) groups excluding carboxylic acids is 3. The minimum absolute atomic E-state index is 0.0698. The van der Waals surface area contributed by atoms with Crippen molar-refractivity contribution in [3.63, 3.8) is 0 Å². The van der Waals surface area contributed by atoms with Crippen LogP contribution in [0.1, 0.15) is 39.5 Å². The summed E-state index contributed by atoms with van der Waals surface area (Å²) in [5, 5.41) is 0. The Morgan fingerprint density at radius 2 is 2.06 bits per heavy atom. The third-order valence-electron chi connectivity index (χ3n) is 2.96. The molecule has 0 aromatic heterocycles. The first-order valence-corrected chi connectivity index (χ1v) is 5.75. The molecular weight excluding hydrogens is 208 g/mol. The molecule has 2 atom stereocenters. The molecular formula is C12H18O4. The van der Waals surface area contributed by atoms with Gasteiger partial charge in [-0.2, -0.15) is 0 Å². The van der Waals surface area contributed by atoms with Gasteiger partial charge in [-0.25, -0.2) is 0 Å². The van der Waals surface area contributed by atoms with Crippen LogP contribution < -0.4 is 0 Å². The molecule has 0 unspecified atom stereocenters. The predicted octanol–water partition coefficient (Wildman–Crippen LogP) is 1.51. The van der Waals surface area contributed by atoms with Crippen molar-refractivity contribution in [2.45, 2.75) is 39.5 Å².